The lowest BCUT2D eigenvalue weighted by Gasteiger charge is -1.94. The van der Waals surface area contributed by atoms with E-state index < -0.39 is 4.92 Å². The van der Waals surface area contributed by atoms with E-state index in [1.54, 1.807) is 12.1 Å². The first kappa shape index (κ1) is 6.84. The number of hydrogen-bond donors (Lipinski definition) is 0. The fourth-order valence-corrected chi connectivity index (χ4v) is 1.16. The summed E-state index contributed by atoms with van der Waals surface area (Å²) in [5, 5.41) is 10.5. The Bertz CT molecular complexity index is 393. The summed E-state index contributed by atoms with van der Waals surface area (Å²) in [6, 6.07) is 4.73. The minimum Gasteiger partial charge on any atom is -0.472 e. The minimum atomic E-state index is -0.400. The molecular formula is C8H5NO3. The molecule has 0 aromatic heterocycles. The lowest BCUT2D eigenvalue weighted by molar-refractivity contribution is -0.383. The van der Waals surface area contributed by atoms with Gasteiger partial charge in [0.25, 0.3) is 5.69 Å². The average molecular weight is 163 g/mol. The molecule has 0 atom stereocenters. The van der Waals surface area contributed by atoms with E-state index >= 15 is 0 Å². The van der Waals surface area contributed by atoms with Crippen LogP contribution in [0.25, 0.3) is 11.1 Å². The molecule has 0 radical (unpaired) electrons. The number of rotatable bonds is 1. The van der Waals surface area contributed by atoms with Gasteiger partial charge in [-0.2, -0.15) is 0 Å². The molecule has 0 fully saturated rings. The lowest BCUT2D eigenvalue weighted by atomic mass is 10.2. The quantitative estimate of drug-likeness (QED) is 0.478. The van der Waals surface area contributed by atoms with Gasteiger partial charge in [-0.3, -0.25) is 10.1 Å². The molecule has 0 bridgehead atoms. The van der Waals surface area contributed by atoms with Crippen LogP contribution in [-0.2, 0) is 0 Å². The zero-order chi connectivity index (χ0) is 8.55. The molecule has 2 rings (SSSR count). The van der Waals surface area contributed by atoms with Gasteiger partial charge in [0.1, 0.15) is 0 Å². The van der Waals surface area contributed by atoms with Crippen molar-refractivity contribution in [3.8, 4) is 11.1 Å². The molecule has 0 saturated carbocycles. The topological polar surface area (TPSA) is 56.3 Å². The summed E-state index contributed by atoms with van der Waals surface area (Å²) in [5.74, 6) is 0. The van der Waals surface area contributed by atoms with Crippen LogP contribution in [0.3, 0.4) is 0 Å². The number of hydrogen-bond acceptors (Lipinski definition) is 3. The first-order valence-corrected chi connectivity index (χ1v) is 3.38. The van der Waals surface area contributed by atoms with Crippen LogP contribution in [0.4, 0.5) is 5.69 Å². The van der Waals surface area contributed by atoms with Gasteiger partial charge >= 0.3 is 0 Å². The zero-order valence-corrected chi connectivity index (χ0v) is 6.06. The molecule has 60 valence electrons. The Morgan fingerprint density at radius 1 is 1.33 bits per heavy atom. The summed E-state index contributed by atoms with van der Waals surface area (Å²) in [7, 11) is 0. The van der Waals surface area contributed by atoms with Crippen LogP contribution >= 0.6 is 0 Å². The van der Waals surface area contributed by atoms with Gasteiger partial charge < -0.3 is 4.42 Å². The number of fused-ring (bicyclic) bond motifs is 1. The highest BCUT2D eigenvalue weighted by atomic mass is 16.6. The van der Waals surface area contributed by atoms with E-state index in [9.17, 15) is 10.1 Å². The zero-order valence-electron chi connectivity index (χ0n) is 6.06. The van der Waals surface area contributed by atoms with Gasteiger partial charge in [0.05, 0.1) is 23.0 Å². The second kappa shape index (κ2) is 2.34. The van der Waals surface area contributed by atoms with E-state index in [0.717, 1.165) is 5.56 Å². The van der Waals surface area contributed by atoms with Crippen molar-refractivity contribution in [2.75, 3.05) is 0 Å². The van der Waals surface area contributed by atoms with Crippen molar-refractivity contribution < 1.29 is 9.34 Å². The smallest absolute Gasteiger partial charge is 0.277 e. The molecule has 2 aliphatic rings. The van der Waals surface area contributed by atoms with E-state index in [-0.39, 0.29) is 5.69 Å². The highest BCUT2D eigenvalue weighted by Gasteiger charge is 2.17. The number of nitrogens with zero attached hydrogens (tertiary/aromatic N) is 1. The van der Waals surface area contributed by atoms with Gasteiger partial charge in [-0.05, 0) is 12.1 Å². The second-order valence-electron chi connectivity index (χ2n) is 2.40. The average Bonchev–Trinajstić information content (AvgIpc) is 2.47. The Morgan fingerprint density at radius 3 is 2.92 bits per heavy atom. The molecule has 0 aromatic carbocycles. The molecule has 12 heavy (non-hydrogen) atoms. The van der Waals surface area contributed by atoms with Crippen molar-refractivity contribution in [1.29, 1.82) is 0 Å². The SMILES string of the molecule is O=[N+]([O-])c1ccc2coccc1-2. The van der Waals surface area contributed by atoms with Crippen LogP contribution in [0.15, 0.2) is 35.1 Å². The molecule has 0 N–H and O–H groups in total. The first-order chi connectivity index (χ1) is 5.79. The molecule has 1 heterocycles. The Morgan fingerprint density at radius 2 is 2.17 bits per heavy atom. The Hall–Kier alpha value is -1.84. The second-order valence-corrected chi connectivity index (χ2v) is 2.40. The molecule has 1 aliphatic carbocycles. The van der Waals surface area contributed by atoms with Gasteiger partial charge in [-0.25, -0.2) is 0 Å². The molecule has 4 nitrogen and oxygen atoms in total. The Labute approximate surface area is 67.9 Å². The van der Waals surface area contributed by atoms with E-state index in [0.29, 0.717) is 5.56 Å². The van der Waals surface area contributed by atoms with Crippen molar-refractivity contribution in [3.63, 3.8) is 0 Å². The van der Waals surface area contributed by atoms with Crippen LogP contribution in [0.2, 0.25) is 0 Å². The predicted molar refractivity (Wildman–Crippen MR) is 42.0 cm³/mol. The summed E-state index contributed by atoms with van der Waals surface area (Å²) < 4.78 is 4.86. The van der Waals surface area contributed by atoms with E-state index in [4.69, 9.17) is 4.42 Å². The molecule has 4 heteroatoms. The molecule has 0 amide bonds. The van der Waals surface area contributed by atoms with E-state index in [2.05, 4.69) is 0 Å². The predicted octanol–water partition coefficient (Wildman–Crippen LogP) is 2.29. The van der Waals surface area contributed by atoms with Crippen molar-refractivity contribution in [1.82, 2.24) is 0 Å². The van der Waals surface area contributed by atoms with Gasteiger partial charge in [0.15, 0.2) is 0 Å². The fraction of sp³-hybridized carbons (Fsp3) is 0. The van der Waals surface area contributed by atoms with Gasteiger partial charge in [0.2, 0.25) is 0 Å². The standard InChI is InChI=1S/C8H5NO3/c10-9(11)8-2-1-6-5-12-4-3-7(6)8/h1-5H. The van der Waals surface area contributed by atoms with Crippen molar-refractivity contribution >= 4 is 5.69 Å². The monoisotopic (exact) mass is 163 g/mol. The van der Waals surface area contributed by atoms with Crippen molar-refractivity contribution in [2.45, 2.75) is 0 Å². The van der Waals surface area contributed by atoms with Gasteiger partial charge in [-0.15, -0.1) is 0 Å². The van der Waals surface area contributed by atoms with Gasteiger partial charge in [-0.1, -0.05) is 0 Å². The van der Waals surface area contributed by atoms with Crippen LogP contribution < -0.4 is 0 Å². The fourth-order valence-electron chi connectivity index (χ4n) is 1.16. The van der Waals surface area contributed by atoms with Crippen LogP contribution in [0.1, 0.15) is 0 Å². The van der Waals surface area contributed by atoms with Crippen molar-refractivity contribution in [3.05, 3.63) is 40.8 Å². The number of nitro groups is 1. The summed E-state index contributed by atoms with van der Waals surface area (Å²) >= 11 is 0. The molecule has 0 spiro atoms. The summed E-state index contributed by atoms with van der Waals surface area (Å²) in [5.41, 5.74) is 1.50. The Balaban J connectivity index is 2.67. The third kappa shape index (κ3) is 0.852. The van der Waals surface area contributed by atoms with Crippen LogP contribution in [-0.4, -0.2) is 4.92 Å². The van der Waals surface area contributed by atoms with Crippen LogP contribution in [0, 0.1) is 10.1 Å². The molecule has 0 aromatic rings. The highest BCUT2D eigenvalue weighted by molar-refractivity contribution is 5.75. The van der Waals surface area contributed by atoms with E-state index in [1.807, 2.05) is 0 Å². The maximum Gasteiger partial charge on any atom is 0.277 e. The van der Waals surface area contributed by atoms with Gasteiger partial charge in [0, 0.05) is 11.6 Å². The maximum atomic E-state index is 10.5. The van der Waals surface area contributed by atoms with E-state index in [1.165, 1.54) is 18.6 Å². The molecule has 0 saturated heterocycles. The lowest BCUT2D eigenvalue weighted by Crippen LogP contribution is -1.86. The largest absolute Gasteiger partial charge is 0.472 e. The normalized spacial score (nSPS) is 10.3. The maximum absolute atomic E-state index is 10.5. The molecule has 0 unspecified atom stereocenters. The first-order valence-electron chi connectivity index (χ1n) is 3.38. The third-order valence-corrected chi connectivity index (χ3v) is 1.71. The van der Waals surface area contributed by atoms with Crippen LogP contribution in [0.5, 0.6) is 0 Å². The highest BCUT2D eigenvalue weighted by Crippen LogP contribution is 2.32. The Kier molecular flexibility index (Phi) is 1.33. The third-order valence-electron chi connectivity index (χ3n) is 1.71. The minimum absolute atomic E-state index is 0.126. The summed E-state index contributed by atoms with van der Waals surface area (Å²) in [4.78, 5) is 10.1. The summed E-state index contributed by atoms with van der Waals surface area (Å²) in [6.07, 6.45) is 2.91. The molecular weight excluding hydrogens is 158 g/mol. The summed E-state index contributed by atoms with van der Waals surface area (Å²) in [6.45, 7) is 0. The molecule has 1 aliphatic heterocycles. The van der Waals surface area contributed by atoms with Crippen molar-refractivity contribution in [2.24, 2.45) is 0 Å².